The van der Waals surface area contributed by atoms with E-state index in [1.807, 2.05) is 46.6 Å². The largest absolute Gasteiger partial charge is 0.497 e. The molecule has 1 unspecified atom stereocenters. The summed E-state index contributed by atoms with van der Waals surface area (Å²) in [6.45, 7) is 0.914. The lowest BCUT2D eigenvalue weighted by atomic mass is 9.95. The monoisotopic (exact) mass is 473 g/mol. The number of amides is 2. The molecule has 0 fully saturated rings. The minimum atomic E-state index is -0.249. The number of carbonyl (C=O) groups excluding carboxylic acids is 1. The number of aryl methyl sites for hydroxylation is 1. The number of ether oxygens (including phenoxy) is 1. The number of fused-ring (bicyclic) bond motifs is 5. The molecule has 4 aromatic rings. The van der Waals surface area contributed by atoms with E-state index in [1.165, 1.54) is 33.8 Å². The van der Waals surface area contributed by atoms with E-state index < -0.39 is 0 Å². The van der Waals surface area contributed by atoms with Crippen LogP contribution in [0.4, 0.5) is 4.79 Å². The van der Waals surface area contributed by atoms with Gasteiger partial charge < -0.3 is 23.9 Å². The van der Waals surface area contributed by atoms with Crippen LogP contribution in [-0.4, -0.2) is 22.6 Å². The number of benzene rings is 1. The van der Waals surface area contributed by atoms with E-state index in [0.29, 0.717) is 13.1 Å². The van der Waals surface area contributed by atoms with E-state index in [1.54, 1.807) is 13.4 Å². The molecule has 0 spiro atoms. The molecule has 174 valence electrons. The van der Waals surface area contributed by atoms with E-state index in [2.05, 4.69) is 34.3 Å². The van der Waals surface area contributed by atoms with Crippen LogP contribution in [0.15, 0.2) is 65.4 Å². The summed E-state index contributed by atoms with van der Waals surface area (Å²) >= 11 is 1.89. The average Bonchev–Trinajstić information content (AvgIpc) is 3.62. The molecule has 1 N–H and O–H groups in total. The SMILES string of the molecule is COc1cccc(C2c3cccn3-c3sc4c(c3CN2C(=O)NCc2ccco2)CCCC4)c1. The van der Waals surface area contributed by atoms with Crippen molar-refractivity contribution in [2.75, 3.05) is 7.11 Å². The van der Waals surface area contributed by atoms with Crippen molar-refractivity contribution >= 4 is 17.4 Å². The molecule has 3 aromatic heterocycles. The molecule has 2 aliphatic rings. The lowest BCUT2D eigenvalue weighted by molar-refractivity contribution is 0.179. The number of carbonyl (C=O) groups is 1. The predicted octanol–water partition coefficient (Wildman–Crippen LogP) is 5.83. The summed E-state index contributed by atoms with van der Waals surface area (Å²) in [4.78, 5) is 17.2. The Morgan fingerprint density at radius 1 is 1.15 bits per heavy atom. The quantitative estimate of drug-likeness (QED) is 0.405. The average molecular weight is 474 g/mol. The topological polar surface area (TPSA) is 59.6 Å². The van der Waals surface area contributed by atoms with Gasteiger partial charge in [-0.1, -0.05) is 12.1 Å². The normalized spacial score (nSPS) is 16.9. The standard InChI is InChI=1S/C27H27N3O3S/c1-32-19-8-4-7-18(15-19)25-23-11-5-13-29(23)26-22(21-10-2-3-12-24(21)34-26)17-30(25)27(31)28-16-20-9-6-14-33-20/h4-9,11,13-15,25H,2-3,10,12,16-17H2,1H3,(H,28,31). The molecule has 2 amide bonds. The van der Waals surface area contributed by atoms with Crippen LogP contribution in [0.1, 0.15) is 51.9 Å². The minimum Gasteiger partial charge on any atom is -0.497 e. The van der Waals surface area contributed by atoms with Gasteiger partial charge in [-0.05, 0) is 73.2 Å². The molecule has 6 nitrogen and oxygen atoms in total. The second-order valence-corrected chi connectivity index (χ2v) is 9.93. The second kappa shape index (κ2) is 8.72. The minimum absolute atomic E-state index is 0.111. The third-order valence-electron chi connectivity index (χ3n) is 6.84. The van der Waals surface area contributed by atoms with Crippen LogP contribution in [0.25, 0.3) is 5.00 Å². The Bertz CT molecular complexity index is 1320. The fraction of sp³-hybridized carbons (Fsp3) is 0.296. The first-order valence-corrected chi connectivity index (χ1v) is 12.6. The number of methoxy groups -OCH3 is 1. The van der Waals surface area contributed by atoms with Crippen LogP contribution in [0.5, 0.6) is 5.75 Å². The third kappa shape index (κ3) is 3.60. The smallest absolute Gasteiger partial charge is 0.318 e. The van der Waals surface area contributed by atoms with Crippen molar-refractivity contribution in [3.8, 4) is 10.8 Å². The Balaban J connectivity index is 1.47. The first-order chi connectivity index (χ1) is 16.7. The maximum absolute atomic E-state index is 13.8. The molecular weight excluding hydrogens is 446 g/mol. The number of rotatable bonds is 4. The summed E-state index contributed by atoms with van der Waals surface area (Å²) in [6, 6.07) is 15.6. The number of hydrogen-bond acceptors (Lipinski definition) is 4. The summed E-state index contributed by atoms with van der Waals surface area (Å²) in [5.41, 5.74) is 4.84. The predicted molar refractivity (Wildman–Crippen MR) is 132 cm³/mol. The van der Waals surface area contributed by atoms with Crippen LogP contribution in [0, 0.1) is 0 Å². The van der Waals surface area contributed by atoms with Gasteiger partial charge >= 0.3 is 6.03 Å². The maximum Gasteiger partial charge on any atom is 0.318 e. The van der Waals surface area contributed by atoms with Crippen LogP contribution in [0.2, 0.25) is 0 Å². The number of thiophene rings is 1. The van der Waals surface area contributed by atoms with Crippen LogP contribution in [-0.2, 0) is 25.9 Å². The molecule has 1 aromatic carbocycles. The van der Waals surface area contributed by atoms with Gasteiger partial charge in [-0.2, -0.15) is 0 Å². The molecule has 0 radical (unpaired) electrons. The van der Waals surface area contributed by atoms with Gasteiger partial charge in [0.05, 0.1) is 38.2 Å². The fourth-order valence-electron chi connectivity index (χ4n) is 5.23. The van der Waals surface area contributed by atoms with E-state index in [-0.39, 0.29) is 12.1 Å². The van der Waals surface area contributed by atoms with Gasteiger partial charge in [-0.25, -0.2) is 4.79 Å². The molecule has 1 aliphatic carbocycles. The highest BCUT2D eigenvalue weighted by Gasteiger charge is 2.36. The van der Waals surface area contributed by atoms with Crippen molar-refractivity contribution in [1.29, 1.82) is 0 Å². The van der Waals surface area contributed by atoms with Crippen LogP contribution in [0.3, 0.4) is 0 Å². The van der Waals surface area contributed by atoms with Crippen molar-refractivity contribution in [2.24, 2.45) is 0 Å². The Kier molecular flexibility index (Phi) is 5.41. The molecule has 1 atom stereocenters. The lowest BCUT2D eigenvalue weighted by Gasteiger charge is -2.31. The second-order valence-electron chi connectivity index (χ2n) is 8.84. The van der Waals surface area contributed by atoms with E-state index in [4.69, 9.17) is 9.15 Å². The molecular formula is C27H27N3O3S. The molecule has 0 saturated carbocycles. The summed E-state index contributed by atoms with van der Waals surface area (Å²) in [6.07, 6.45) is 8.43. The Morgan fingerprint density at radius 2 is 2.06 bits per heavy atom. The summed E-state index contributed by atoms with van der Waals surface area (Å²) < 4.78 is 13.3. The number of aromatic nitrogens is 1. The first-order valence-electron chi connectivity index (χ1n) is 11.7. The zero-order chi connectivity index (χ0) is 23.1. The van der Waals surface area contributed by atoms with Crippen molar-refractivity contribution < 1.29 is 13.9 Å². The highest BCUT2D eigenvalue weighted by Crippen LogP contribution is 2.44. The third-order valence-corrected chi connectivity index (χ3v) is 8.18. The highest BCUT2D eigenvalue weighted by molar-refractivity contribution is 7.15. The maximum atomic E-state index is 13.8. The van der Waals surface area contributed by atoms with E-state index in [9.17, 15) is 4.79 Å². The van der Waals surface area contributed by atoms with Gasteiger partial charge in [-0.3, -0.25) is 0 Å². The molecule has 0 bridgehead atoms. The van der Waals surface area contributed by atoms with E-state index in [0.717, 1.165) is 35.6 Å². The van der Waals surface area contributed by atoms with Gasteiger partial charge in [0.2, 0.25) is 0 Å². The van der Waals surface area contributed by atoms with Crippen LogP contribution < -0.4 is 10.1 Å². The number of nitrogens with zero attached hydrogens (tertiary/aromatic N) is 2. The van der Waals surface area contributed by atoms with Gasteiger partial charge in [0.25, 0.3) is 0 Å². The molecule has 0 saturated heterocycles. The lowest BCUT2D eigenvalue weighted by Crippen LogP contribution is -2.41. The van der Waals surface area contributed by atoms with Gasteiger partial charge in [0.1, 0.15) is 16.5 Å². The van der Waals surface area contributed by atoms with Crippen molar-refractivity contribution in [3.63, 3.8) is 0 Å². The number of furan rings is 1. The zero-order valence-electron chi connectivity index (χ0n) is 19.1. The number of hydrogen-bond donors (Lipinski definition) is 1. The zero-order valence-corrected chi connectivity index (χ0v) is 19.9. The Hall–Kier alpha value is -3.45. The van der Waals surface area contributed by atoms with E-state index >= 15 is 0 Å². The Labute approximate surface area is 202 Å². The van der Waals surface area contributed by atoms with Gasteiger partial charge in [0.15, 0.2) is 0 Å². The molecule has 1 aliphatic heterocycles. The van der Waals surface area contributed by atoms with Crippen molar-refractivity contribution in [3.05, 3.63) is 94.0 Å². The summed E-state index contributed by atoms with van der Waals surface area (Å²) in [5.74, 6) is 1.51. The van der Waals surface area contributed by atoms with Crippen molar-refractivity contribution in [1.82, 2.24) is 14.8 Å². The molecule has 34 heavy (non-hydrogen) atoms. The van der Waals surface area contributed by atoms with Gasteiger partial charge in [-0.15, -0.1) is 11.3 Å². The van der Waals surface area contributed by atoms with Gasteiger partial charge in [0, 0.05) is 16.6 Å². The summed E-state index contributed by atoms with van der Waals surface area (Å²) in [7, 11) is 1.67. The first kappa shape index (κ1) is 21.1. The van der Waals surface area contributed by atoms with Crippen molar-refractivity contribution in [2.45, 2.75) is 44.8 Å². The fourth-order valence-corrected chi connectivity index (χ4v) is 6.63. The molecule has 7 heteroatoms. The highest BCUT2D eigenvalue weighted by atomic mass is 32.1. The van der Waals surface area contributed by atoms with Crippen LogP contribution >= 0.6 is 11.3 Å². The Morgan fingerprint density at radius 3 is 2.91 bits per heavy atom. The number of nitrogens with one attached hydrogen (secondary N) is 1. The number of urea groups is 1. The summed E-state index contributed by atoms with van der Waals surface area (Å²) in [5, 5.41) is 4.34. The molecule has 6 rings (SSSR count). The molecule has 4 heterocycles.